The van der Waals surface area contributed by atoms with Crippen molar-refractivity contribution in [2.75, 3.05) is 18.8 Å². The predicted molar refractivity (Wildman–Crippen MR) is 71.3 cm³/mol. The number of carbonyl (C=O) groups excluding carboxylic acids is 1. The van der Waals surface area contributed by atoms with Gasteiger partial charge in [-0.25, -0.2) is 0 Å². The minimum absolute atomic E-state index is 0.0457. The van der Waals surface area contributed by atoms with Crippen molar-refractivity contribution in [1.82, 2.24) is 4.90 Å². The van der Waals surface area contributed by atoms with Gasteiger partial charge in [0.1, 0.15) is 12.1 Å². The molecule has 0 aliphatic heterocycles. The highest BCUT2D eigenvalue weighted by Gasteiger charge is 2.27. The largest absolute Gasteiger partial charge is 0.480 e. The monoisotopic (exact) mass is 281 g/mol. The first kappa shape index (κ1) is 15.4. The number of amides is 1. The summed E-state index contributed by atoms with van der Waals surface area (Å²) in [6.45, 7) is 1.42. The summed E-state index contributed by atoms with van der Waals surface area (Å²) in [6, 6.07) is 3.89. The Morgan fingerprint density at radius 3 is 2.60 bits per heavy atom. The third-order valence-corrected chi connectivity index (χ3v) is 2.59. The summed E-state index contributed by atoms with van der Waals surface area (Å²) >= 11 is 0. The molecule has 1 aromatic carbocycles. The van der Waals surface area contributed by atoms with Gasteiger partial charge in [-0.15, -0.1) is 0 Å². The summed E-state index contributed by atoms with van der Waals surface area (Å²) < 4.78 is 0. The zero-order chi connectivity index (χ0) is 15.3. The van der Waals surface area contributed by atoms with Crippen LogP contribution in [0.5, 0.6) is 0 Å². The minimum Gasteiger partial charge on any atom is -0.480 e. The van der Waals surface area contributed by atoms with Crippen molar-refractivity contribution in [2.45, 2.75) is 13.3 Å². The van der Waals surface area contributed by atoms with Crippen LogP contribution in [0.2, 0.25) is 0 Å². The van der Waals surface area contributed by atoms with Gasteiger partial charge >= 0.3 is 5.97 Å². The molecule has 0 aliphatic rings. The van der Waals surface area contributed by atoms with Crippen LogP contribution in [-0.4, -0.2) is 39.9 Å². The van der Waals surface area contributed by atoms with E-state index in [0.29, 0.717) is 6.42 Å². The van der Waals surface area contributed by atoms with E-state index >= 15 is 0 Å². The second kappa shape index (κ2) is 6.50. The third kappa shape index (κ3) is 3.44. The van der Waals surface area contributed by atoms with Crippen LogP contribution in [0, 0.1) is 10.1 Å². The fraction of sp³-hybridized carbons (Fsp3) is 0.333. The molecule has 1 aromatic rings. The summed E-state index contributed by atoms with van der Waals surface area (Å²) in [7, 11) is 0. The highest BCUT2D eigenvalue weighted by atomic mass is 16.6. The summed E-state index contributed by atoms with van der Waals surface area (Å²) in [5.41, 5.74) is 4.88. The van der Waals surface area contributed by atoms with Crippen LogP contribution in [0.25, 0.3) is 0 Å². The number of hydrogen-bond donors (Lipinski definition) is 2. The van der Waals surface area contributed by atoms with Gasteiger partial charge in [-0.3, -0.25) is 19.7 Å². The zero-order valence-electron chi connectivity index (χ0n) is 10.9. The molecular formula is C12H15N3O5. The SMILES string of the molecule is CCCN(CC(=O)O)C(=O)c1c(N)cccc1[N+](=O)[O-]. The Morgan fingerprint density at radius 1 is 1.45 bits per heavy atom. The smallest absolute Gasteiger partial charge is 0.323 e. The van der Waals surface area contributed by atoms with Gasteiger partial charge in [0.2, 0.25) is 0 Å². The first-order valence-electron chi connectivity index (χ1n) is 5.92. The lowest BCUT2D eigenvalue weighted by Crippen LogP contribution is -2.37. The standard InChI is InChI=1S/C12H15N3O5/c1-2-6-14(7-10(16)17)12(18)11-8(13)4-3-5-9(11)15(19)20/h3-5H,2,6-7,13H2,1H3,(H,16,17). The van der Waals surface area contributed by atoms with Crippen molar-refractivity contribution >= 4 is 23.3 Å². The zero-order valence-corrected chi connectivity index (χ0v) is 10.9. The molecule has 1 rings (SSSR count). The summed E-state index contributed by atoms with van der Waals surface area (Å²) in [6.07, 6.45) is 0.527. The van der Waals surface area contributed by atoms with Gasteiger partial charge < -0.3 is 15.7 Å². The first-order chi connectivity index (χ1) is 9.38. The molecule has 0 atom stereocenters. The van der Waals surface area contributed by atoms with E-state index in [-0.39, 0.29) is 17.8 Å². The van der Waals surface area contributed by atoms with E-state index in [9.17, 15) is 19.7 Å². The van der Waals surface area contributed by atoms with Gasteiger partial charge in [0.25, 0.3) is 11.6 Å². The minimum atomic E-state index is -1.19. The van der Waals surface area contributed by atoms with Crippen molar-refractivity contribution in [2.24, 2.45) is 0 Å². The summed E-state index contributed by atoms with van der Waals surface area (Å²) in [4.78, 5) is 34.3. The molecule has 1 amide bonds. The Kier molecular flexibility index (Phi) is 5.01. The van der Waals surface area contributed by atoms with Crippen LogP contribution >= 0.6 is 0 Å². The normalized spacial score (nSPS) is 10.1. The van der Waals surface area contributed by atoms with Crippen LogP contribution in [0.1, 0.15) is 23.7 Å². The van der Waals surface area contributed by atoms with Gasteiger partial charge in [0.15, 0.2) is 0 Å². The quantitative estimate of drug-likeness (QED) is 0.457. The number of carbonyl (C=O) groups is 2. The van der Waals surface area contributed by atoms with Crippen molar-refractivity contribution in [3.05, 3.63) is 33.9 Å². The predicted octanol–water partition coefficient (Wildman–Crippen LogP) is 1.11. The Morgan fingerprint density at radius 2 is 2.10 bits per heavy atom. The maximum Gasteiger partial charge on any atom is 0.323 e. The summed E-state index contributed by atoms with van der Waals surface area (Å²) in [5.74, 6) is -1.94. The van der Waals surface area contributed by atoms with E-state index in [0.717, 1.165) is 11.0 Å². The molecule has 8 heteroatoms. The maximum atomic E-state index is 12.3. The molecule has 108 valence electrons. The highest BCUT2D eigenvalue weighted by molar-refractivity contribution is 6.03. The van der Waals surface area contributed by atoms with Gasteiger partial charge in [0, 0.05) is 12.6 Å². The molecule has 0 saturated heterocycles. The topological polar surface area (TPSA) is 127 Å². The van der Waals surface area contributed by atoms with E-state index < -0.39 is 29.0 Å². The molecule has 0 aliphatic carbocycles. The Bertz CT molecular complexity index is 544. The number of nitro benzene ring substituents is 1. The number of aliphatic carboxylic acids is 1. The number of carboxylic acid groups (broad SMARTS) is 1. The van der Waals surface area contributed by atoms with Gasteiger partial charge in [-0.2, -0.15) is 0 Å². The number of hydrogen-bond acceptors (Lipinski definition) is 5. The van der Waals surface area contributed by atoms with E-state index in [1.807, 2.05) is 0 Å². The van der Waals surface area contributed by atoms with Crippen LogP contribution < -0.4 is 5.73 Å². The Balaban J connectivity index is 3.23. The van der Waals surface area contributed by atoms with E-state index in [2.05, 4.69) is 0 Å². The highest BCUT2D eigenvalue weighted by Crippen LogP contribution is 2.25. The number of nitro groups is 1. The second-order valence-electron chi connectivity index (χ2n) is 4.12. The lowest BCUT2D eigenvalue weighted by atomic mass is 10.1. The molecule has 0 radical (unpaired) electrons. The number of benzene rings is 1. The molecule has 0 saturated carbocycles. The fourth-order valence-corrected chi connectivity index (χ4v) is 1.79. The van der Waals surface area contributed by atoms with Crippen LogP contribution in [-0.2, 0) is 4.79 Å². The Labute approximate surface area is 114 Å². The number of carboxylic acids is 1. The van der Waals surface area contributed by atoms with Crippen molar-refractivity contribution in [3.63, 3.8) is 0 Å². The number of nitrogens with zero attached hydrogens (tertiary/aromatic N) is 2. The second-order valence-corrected chi connectivity index (χ2v) is 4.12. The van der Waals surface area contributed by atoms with Crippen LogP contribution in [0.15, 0.2) is 18.2 Å². The maximum absolute atomic E-state index is 12.3. The van der Waals surface area contributed by atoms with Crippen molar-refractivity contribution in [1.29, 1.82) is 0 Å². The fourth-order valence-electron chi connectivity index (χ4n) is 1.79. The molecular weight excluding hydrogens is 266 g/mol. The van der Waals surface area contributed by atoms with Crippen molar-refractivity contribution in [3.8, 4) is 0 Å². The first-order valence-corrected chi connectivity index (χ1v) is 5.92. The molecule has 20 heavy (non-hydrogen) atoms. The van der Waals surface area contributed by atoms with Crippen molar-refractivity contribution < 1.29 is 19.6 Å². The number of anilines is 1. The molecule has 0 unspecified atom stereocenters. The number of nitrogen functional groups attached to an aromatic ring is 1. The molecule has 8 nitrogen and oxygen atoms in total. The lowest BCUT2D eigenvalue weighted by molar-refractivity contribution is -0.385. The number of nitrogens with two attached hydrogens (primary N) is 1. The van der Waals surface area contributed by atoms with Crippen LogP contribution in [0.3, 0.4) is 0 Å². The van der Waals surface area contributed by atoms with Crippen LogP contribution in [0.4, 0.5) is 11.4 Å². The van der Waals surface area contributed by atoms with Gasteiger partial charge in [0.05, 0.1) is 10.6 Å². The summed E-state index contributed by atoms with van der Waals surface area (Å²) in [5, 5.41) is 19.7. The average molecular weight is 281 g/mol. The Hall–Kier alpha value is -2.64. The third-order valence-electron chi connectivity index (χ3n) is 2.59. The lowest BCUT2D eigenvalue weighted by Gasteiger charge is -2.20. The molecule has 0 spiro atoms. The molecule has 0 fully saturated rings. The van der Waals surface area contributed by atoms with E-state index in [4.69, 9.17) is 10.8 Å². The molecule has 0 heterocycles. The molecule has 3 N–H and O–H groups in total. The van der Waals surface area contributed by atoms with Gasteiger partial charge in [-0.05, 0) is 12.5 Å². The average Bonchev–Trinajstić information content (AvgIpc) is 2.36. The number of rotatable bonds is 6. The van der Waals surface area contributed by atoms with E-state index in [1.165, 1.54) is 12.1 Å². The van der Waals surface area contributed by atoms with Gasteiger partial charge in [-0.1, -0.05) is 13.0 Å². The van der Waals surface area contributed by atoms with E-state index in [1.54, 1.807) is 6.92 Å². The molecule has 0 bridgehead atoms. The molecule has 0 aromatic heterocycles.